The number of carboxylic acids is 1. The minimum Gasteiger partial charge on any atom is -0.478 e. The lowest BCUT2D eigenvalue weighted by Gasteiger charge is -2.18. The van der Waals surface area contributed by atoms with Crippen molar-refractivity contribution in [3.63, 3.8) is 0 Å². The highest BCUT2D eigenvalue weighted by Gasteiger charge is 2.15. The molecule has 1 aliphatic carbocycles. The summed E-state index contributed by atoms with van der Waals surface area (Å²) in [7, 11) is 0. The van der Waals surface area contributed by atoms with Crippen LogP contribution in [-0.2, 0) is 4.79 Å². The van der Waals surface area contributed by atoms with Crippen LogP contribution in [-0.4, -0.2) is 17.8 Å². The summed E-state index contributed by atoms with van der Waals surface area (Å²) in [4.78, 5) is 10.6. The molecule has 0 aromatic carbocycles. The van der Waals surface area contributed by atoms with Gasteiger partial charge in [-0.2, -0.15) is 0 Å². The molecule has 82 valence electrons. The average molecular weight is 208 g/mol. The lowest BCUT2D eigenvalue weighted by atomic mass is 9.95. The Morgan fingerprint density at radius 2 is 2.33 bits per heavy atom. The van der Waals surface area contributed by atoms with Crippen molar-refractivity contribution < 1.29 is 9.90 Å². The normalized spacial score (nSPS) is 18.9. The summed E-state index contributed by atoms with van der Waals surface area (Å²) in [5.41, 5.74) is 1.26. The Balaban J connectivity index is 0.000000921. The predicted octanol–water partition coefficient (Wildman–Crippen LogP) is 1.92. The van der Waals surface area contributed by atoms with Crippen LogP contribution in [0.5, 0.6) is 0 Å². The monoisotopic (exact) mass is 208 g/mol. The van der Waals surface area contributed by atoms with Gasteiger partial charge in [0.05, 0.1) is 5.57 Å². The number of allylic oxidation sites excluding steroid dienone is 2. The molecule has 0 amide bonds. The van der Waals surface area contributed by atoms with Crippen molar-refractivity contribution in [3.05, 3.63) is 36.2 Å². The van der Waals surface area contributed by atoms with Gasteiger partial charge in [0.15, 0.2) is 0 Å². The van der Waals surface area contributed by atoms with Crippen molar-refractivity contribution in [2.24, 2.45) is 5.92 Å². The fourth-order valence-electron chi connectivity index (χ4n) is 1.25. The number of rotatable bonds is 3. The summed E-state index contributed by atoms with van der Waals surface area (Å²) < 4.78 is 0. The van der Waals surface area contributed by atoms with Crippen LogP contribution >= 0.6 is 0 Å². The molecule has 0 saturated carbocycles. The molecule has 15 heavy (non-hydrogen) atoms. The lowest BCUT2D eigenvalue weighted by Crippen LogP contribution is -2.17. The Kier molecular flexibility index (Phi) is 5.78. The van der Waals surface area contributed by atoms with Gasteiger partial charge in [0.25, 0.3) is 0 Å². The average Bonchev–Trinajstić information content (AvgIpc) is 2.24. The van der Waals surface area contributed by atoms with Crippen LogP contribution in [0.1, 0.15) is 13.3 Å². The standard InChI is InChI=1S/C10H13NO2.CH3N/c1-3-11-9-6-8(10(12)13)5-4-7(9)2;1-2/h3,5-7,11H,1,4H2,2H3,(H,12,13);2H,1H2. The molecular weight excluding hydrogens is 192 g/mol. The van der Waals surface area contributed by atoms with Gasteiger partial charge in [-0.1, -0.05) is 19.6 Å². The molecule has 1 aliphatic rings. The zero-order valence-corrected chi connectivity index (χ0v) is 8.79. The maximum Gasteiger partial charge on any atom is 0.335 e. The third-order valence-corrected chi connectivity index (χ3v) is 2.05. The fourth-order valence-corrected chi connectivity index (χ4v) is 1.25. The van der Waals surface area contributed by atoms with Crippen molar-refractivity contribution in [2.45, 2.75) is 13.3 Å². The lowest BCUT2D eigenvalue weighted by molar-refractivity contribution is -0.132. The van der Waals surface area contributed by atoms with Crippen LogP contribution in [0.25, 0.3) is 0 Å². The molecule has 1 rings (SSSR count). The molecule has 0 aliphatic heterocycles. The second kappa shape index (κ2) is 6.59. The van der Waals surface area contributed by atoms with Crippen molar-refractivity contribution >= 4 is 12.7 Å². The van der Waals surface area contributed by atoms with E-state index in [4.69, 9.17) is 10.5 Å². The first-order chi connectivity index (χ1) is 7.15. The van der Waals surface area contributed by atoms with Gasteiger partial charge >= 0.3 is 5.97 Å². The Morgan fingerprint density at radius 1 is 1.73 bits per heavy atom. The van der Waals surface area contributed by atoms with Crippen LogP contribution < -0.4 is 5.32 Å². The van der Waals surface area contributed by atoms with Crippen LogP contribution in [0, 0.1) is 11.3 Å². The van der Waals surface area contributed by atoms with E-state index in [1.165, 1.54) is 0 Å². The minimum absolute atomic E-state index is 0.334. The Hall–Kier alpha value is -1.84. The van der Waals surface area contributed by atoms with Crippen molar-refractivity contribution in [1.82, 2.24) is 5.32 Å². The summed E-state index contributed by atoms with van der Waals surface area (Å²) in [5.74, 6) is -0.545. The van der Waals surface area contributed by atoms with Crippen molar-refractivity contribution in [3.8, 4) is 0 Å². The molecule has 0 radical (unpaired) electrons. The van der Waals surface area contributed by atoms with Gasteiger partial charge in [0, 0.05) is 5.70 Å². The van der Waals surface area contributed by atoms with E-state index in [-0.39, 0.29) is 0 Å². The van der Waals surface area contributed by atoms with Crippen molar-refractivity contribution in [2.75, 3.05) is 0 Å². The molecule has 0 heterocycles. The molecule has 0 fully saturated rings. The van der Waals surface area contributed by atoms with Crippen molar-refractivity contribution in [1.29, 1.82) is 5.41 Å². The number of carbonyl (C=O) groups is 1. The Bertz CT molecular complexity index is 306. The first-order valence-corrected chi connectivity index (χ1v) is 4.53. The molecule has 4 nitrogen and oxygen atoms in total. The molecule has 0 saturated heterocycles. The molecule has 4 heteroatoms. The summed E-state index contributed by atoms with van der Waals surface area (Å²) in [6.45, 7) is 8.08. The van der Waals surface area contributed by atoms with E-state index in [1.54, 1.807) is 18.4 Å². The van der Waals surface area contributed by atoms with Gasteiger partial charge in [-0.05, 0) is 31.3 Å². The number of aliphatic carboxylic acids is 1. The van der Waals surface area contributed by atoms with E-state index in [2.05, 4.69) is 18.6 Å². The molecule has 0 aromatic rings. The van der Waals surface area contributed by atoms with Crippen LogP contribution in [0.4, 0.5) is 0 Å². The third kappa shape index (κ3) is 3.81. The Morgan fingerprint density at radius 3 is 2.80 bits per heavy atom. The summed E-state index contributed by atoms with van der Waals surface area (Å²) in [6, 6.07) is 0. The highest BCUT2D eigenvalue weighted by Crippen LogP contribution is 2.21. The highest BCUT2D eigenvalue weighted by molar-refractivity contribution is 5.90. The third-order valence-electron chi connectivity index (χ3n) is 2.05. The van der Waals surface area contributed by atoms with Gasteiger partial charge < -0.3 is 15.8 Å². The fraction of sp³-hybridized carbons (Fsp3) is 0.273. The second-order valence-electron chi connectivity index (χ2n) is 3.05. The first-order valence-electron chi connectivity index (χ1n) is 4.53. The minimum atomic E-state index is -0.879. The topological polar surface area (TPSA) is 73.2 Å². The molecule has 1 atom stereocenters. The van der Waals surface area contributed by atoms with E-state index in [1.807, 2.05) is 6.92 Å². The molecule has 1 unspecified atom stereocenters. The summed E-state index contributed by atoms with van der Waals surface area (Å²) in [5, 5.41) is 17.2. The highest BCUT2D eigenvalue weighted by atomic mass is 16.4. The zero-order valence-electron chi connectivity index (χ0n) is 8.79. The van der Waals surface area contributed by atoms with Gasteiger partial charge in [0.2, 0.25) is 0 Å². The molecule has 3 N–H and O–H groups in total. The van der Waals surface area contributed by atoms with Gasteiger partial charge in [0.1, 0.15) is 0 Å². The second-order valence-corrected chi connectivity index (χ2v) is 3.05. The van der Waals surface area contributed by atoms with Gasteiger partial charge in [-0.15, -0.1) is 0 Å². The quantitative estimate of drug-likeness (QED) is 0.620. The van der Waals surface area contributed by atoms with Crippen LogP contribution in [0.15, 0.2) is 36.2 Å². The number of nitrogens with one attached hydrogen (secondary N) is 2. The molecular formula is C11H16N2O2. The maximum atomic E-state index is 10.6. The molecule has 0 aromatic heterocycles. The van der Waals surface area contributed by atoms with E-state index in [0.29, 0.717) is 11.5 Å². The van der Waals surface area contributed by atoms with E-state index in [0.717, 1.165) is 12.1 Å². The zero-order chi connectivity index (χ0) is 11.8. The number of hydrogen-bond acceptors (Lipinski definition) is 3. The SMILES string of the molecule is C=CNC1=CC(C(=O)O)=CCC1C.C=N. The summed E-state index contributed by atoms with van der Waals surface area (Å²) in [6.07, 6.45) is 5.71. The van der Waals surface area contributed by atoms with Gasteiger partial charge in [-0.3, -0.25) is 0 Å². The van der Waals surface area contributed by atoms with Crippen LogP contribution in [0.3, 0.4) is 0 Å². The van der Waals surface area contributed by atoms with E-state index >= 15 is 0 Å². The largest absolute Gasteiger partial charge is 0.478 e. The van der Waals surface area contributed by atoms with E-state index in [9.17, 15) is 4.79 Å². The van der Waals surface area contributed by atoms with Gasteiger partial charge in [-0.25, -0.2) is 4.79 Å². The summed E-state index contributed by atoms with van der Waals surface area (Å²) >= 11 is 0. The van der Waals surface area contributed by atoms with Crippen LogP contribution in [0.2, 0.25) is 0 Å². The number of hydrogen-bond donors (Lipinski definition) is 3. The van der Waals surface area contributed by atoms with E-state index < -0.39 is 5.97 Å². The molecule has 0 bridgehead atoms. The molecule has 0 spiro atoms. The Labute approximate surface area is 89.5 Å². The number of carboxylic acid groups (broad SMARTS) is 1. The predicted molar refractivity (Wildman–Crippen MR) is 60.8 cm³/mol. The first kappa shape index (κ1) is 13.2. The smallest absolute Gasteiger partial charge is 0.335 e. The maximum absolute atomic E-state index is 10.6.